The first-order chi connectivity index (χ1) is 11.4. The second-order valence-electron chi connectivity index (χ2n) is 6.30. The van der Waals surface area contributed by atoms with Crippen LogP contribution < -0.4 is 4.90 Å². The molecule has 2 aliphatic rings. The maximum Gasteiger partial charge on any atom is 0.225 e. The molecule has 0 amide bonds. The van der Waals surface area contributed by atoms with Crippen molar-refractivity contribution in [1.82, 2.24) is 24.8 Å². The molecule has 120 valence electrons. The molecule has 6 heteroatoms. The van der Waals surface area contributed by atoms with Crippen LogP contribution in [0.2, 0.25) is 0 Å². The molecule has 0 spiro atoms. The van der Waals surface area contributed by atoms with Gasteiger partial charge >= 0.3 is 0 Å². The van der Waals surface area contributed by atoms with Gasteiger partial charge in [0.15, 0.2) is 0 Å². The van der Waals surface area contributed by atoms with Gasteiger partial charge < -0.3 is 4.90 Å². The van der Waals surface area contributed by atoms with Gasteiger partial charge in [0.2, 0.25) is 5.95 Å². The Morgan fingerprint density at radius 2 is 1.91 bits per heavy atom. The van der Waals surface area contributed by atoms with Gasteiger partial charge in [-0.1, -0.05) is 0 Å². The highest BCUT2D eigenvalue weighted by atomic mass is 15.3. The van der Waals surface area contributed by atoms with E-state index in [1.807, 2.05) is 24.5 Å². The zero-order valence-corrected chi connectivity index (χ0v) is 13.3. The summed E-state index contributed by atoms with van der Waals surface area (Å²) in [5.41, 5.74) is 2.22. The van der Waals surface area contributed by atoms with E-state index in [0.717, 1.165) is 49.9 Å². The smallest absolute Gasteiger partial charge is 0.225 e. The van der Waals surface area contributed by atoms with Crippen LogP contribution in [0.25, 0.3) is 0 Å². The Balaban J connectivity index is 1.50. The van der Waals surface area contributed by atoms with Crippen LogP contribution in [0.5, 0.6) is 0 Å². The number of hydrogen-bond acceptors (Lipinski definition) is 6. The molecule has 1 atom stereocenters. The van der Waals surface area contributed by atoms with Gasteiger partial charge in [-0.25, -0.2) is 19.9 Å². The number of likely N-dealkylation sites (tertiary alicyclic amines) is 1. The van der Waals surface area contributed by atoms with E-state index in [2.05, 4.69) is 24.8 Å². The average molecular weight is 310 g/mol. The highest BCUT2D eigenvalue weighted by Crippen LogP contribution is 2.31. The largest absolute Gasteiger partial charge is 0.341 e. The minimum atomic E-state index is 0.378. The van der Waals surface area contributed by atoms with Gasteiger partial charge in [-0.15, -0.1) is 0 Å². The molecule has 0 N–H and O–H groups in total. The predicted molar refractivity (Wildman–Crippen MR) is 87.9 cm³/mol. The highest BCUT2D eigenvalue weighted by Gasteiger charge is 2.27. The van der Waals surface area contributed by atoms with Crippen LogP contribution >= 0.6 is 0 Å². The molecule has 6 nitrogen and oxygen atoms in total. The summed E-state index contributed by atoms with van der Waals surface area (Å²) in [7, 11) is 0. The Labute approximate surface area is 136 Å². The summed E-state index contributed by atoms with van der Waals surface area (Å²) in [6.07, 6.45) is 10.2. The highest BCUT2D eigenvalue weighted by molar-refractivity contribution is 5.31. The minimum absolute atomic E-state index is 0.378. The van der Waals surface area contributed by atoms with Crippen molar-refractivity contribution in [2.45, 2.75) is 38.3 Å². The second-order valence-corrected chi connectivity index (χ2v) is 6.30. The quantitative estimate of drug-likeness (QED) is 0.863. The Kier molecular flexibility index (Phi) is 4.15. The van der Waals surface area contributed by atoms with Crippen LogP contribution in [0.3, 0.4) is 0 Å². The van der Waals surface area contributed by atoms with E-state index < -0.39 is 0 Å². The van der Waals surface area contributed by atoms with Gasteiger partial charge in [-0.3, -0.25) is 4.90 Å². The van der Waals surface area contributed by atoms with Crippen molar-refractivity contribution in [3.8, 4) is 0 Å². The lowest BCUT2D eigenvalue weighted by molar-refractivity contribution is 0.241. The van der Waals surface area contributed by atoms with Gasteiger partial charge in [-0.2, -0.15) is 0 Å². The monoisotopic (exact) mass is 310 g/mol. The van der Waals surface area contributed by atoms with Crippen LogP contribution in [0.1, 0.15) is 43.1 Å². The fraction of sp³-hybridized carbons (Fsp3) is 0.529. The van der Waals surface area contributed by atoms with E-state index in [4.69, 9.17) is 4.98 Å². The maximum atomic E-state index is 4.79. The van der Waals surface area contributed by atoms with Crippen molar-refractivity contribution in [2.75, 3.05) is 24.5 Å². The van der Waals surface area contributed by atoms with Crippen LogP contribution in [0.4, 0.5) is 5.95 Å². The first-order valence-corrected chi connectivity index (χ1v) is 8.47. The van der Waals surface area contributed by atoms with Crippen LogP contribution in [-0.2, 0) is 6.54 Å². The van der Waals surface area contributed by atoms with Crippen LogP contribution in [0.15, 0.2) is 30.9 Å². The molecule has 2 aromatic rings. The molecular formula is C17H22N6. The summed E-state index contributed by atoms with van der Waals surface area (Å²) in [5, 5.41) is 0. The predicted octanol–water partition coefficient (Wildman–Crippen LogP) is 2.20. The molecule has 0 aromatic carbocycles. The van der Waals surface area contributed by atoms with E-state index in [-0.39, 0.29) is 0 Å². The molecule has 0 saturated carbocycles. The third-order valence-electron chi connectivity index (χ3n) is 4.76. The number of aromatic nitrogens is 4. The van der Waals surface area contributed by atoms with E-state index in [1.54, 1.807) is 6.33 Å². The van der Waals surface area contributed by atoms with Crippen molar-refractivity contribution in [2.24, 2.45) is 0 Å². The fourth-order valence-electron chi connectivity index (χ4n) is 3.60. The average Bonchev–Trinajstić information content (AvgIpc) is 3.28. The van der Waals surface area contributed by atoms with E-state index in [9.17, 15) is 0 Å². The SMILES string of the molecule is c1cc(C2CCCN2Cc2ccnc(N3CCCC3)n2)ncn1. The molecule has 0 bridgehead atoms. The zero-order chi connectivity index (χ0) is 15.5. The Hall–Kier alpha value is -2.08. The minimum Gasteiger partial charge on any atom is -0.341 e. The van der Waals surface area contributed by atoms with E-state index in [0.29, 0.717) is 6.04 Å². The van der Waals surface area contributed by atoms with Gasteiger partial charge in [0, 0.05) is 32.0 Å². The Morgan fingerprint density at radius 3 is 2.74 bits per heavy atom. The van der Waals surface area contributed by atoms with Gasteiger partial charge in [0.05, 0.1) is 17.4 Å². The molecule has 1 unspecified atom stereocenters. The summed E-state index contributed by atoms with van der Waals surface area (Å²) < 4.78 is 0. The van der Waals surface area contributed by atoms with Crippen molar-refractivity contribution in [3.63, 3.8) is 0 Å². The standard InChI is InChI=1S/C17H22N6/c1-2-10-22(9-1)17-19-8-5-14(21-17)12-23-11-3-4-16(23)15-6-7-18-13-20-15/h5-8,13,16H,1-4,9-12H2. The van der Waals surface area contributed by atoms with Crippen molar-refractivity contribution in [3.05, 3.63) is 42.2 Å². The van der Waals surface area contributed by atoms with Crippen LogP contribution in [0, 0.1) is 0 Å². The summed E-state index contributed by atoms with van der Waals surface area (Å²) in [6.45, 7) is 4.11. The lowest BCUT2D eigenvalue weighted by Crippen LogP contribution is -2.25. The molecule has 4 heterocycles. The summed E-state index contributed by atoms with van der Waals surface area (Å²) in [4.78, 5) is 22.5. The molecule has 0 radical (unpaired) electrons. The first-order valence-electron chi connectivity index (χ1n) is 8.47. The first kappa shape index (κ1) is 14.5. The number of hydrogen-bond donors (Lipinski definition) is 0. The molecule has 2 fully saturated rings. The third kappa shape index (κ3) is 3.17. The fourth-order valence-corrected chi connectivity index (χ4v) is 3.60. The zero-order valence-electron chi connectivity index (χ0n) is 13.3. The molecule has 2 aliphatic heterocycles. The molecule has 2 saturated heterocycles. The molecular weight excluding hydrogens is 288 g/mol. The number of anilines is 1. The second kappa shape index (κ2) is 6.58. The normalized spacial score (nSPS) is 21.9. The lowest BCUT2D eigenvalue weighted by Gasteiger charge is -2.24. The maximum absolute atomic E-state index is 4.79. The number of nitrogens with zero attached hydrogens (tertiary/aromatic N) is 6. The summed E-state index contributed by atoms with van der Waals surface area (Å²) in [6, 6.07) is 4.44. The van der Waals surface area contributed by atoms with Gasteiger partial charge in [-0.05, 0) is 44.4 Å². The van der Waals surface area contributed by atoms with E-state index >= 15 is 0 Å². The Bertz CT molecular complexity index is 641. The third-order valence-corrected chi connectivity index (χ3v) is 4.76. The number of rotatable bonds is 4. The van der Waals surface area contributed by atoms with Crippen molar-refractivity contribution >= 4 is 5.95 Å². The lowest BCUT2D eigenvalue weighted by atomic mass is 10.1. The van der Waals surface area contributed by atoms with Crippen molar-refractivity contribution in [1.29, 1.82) is 0 Å². The molecule has 0 aliphatic carbocycles. The summed E-state index contributed by atoms with van der Waals surface area (Å²) in [5.74, 6) is 0.887. The van der Waals surface area contributed by atoms with Gasteiger partial charge in [0.1, 0.15) is 6.33 Å². The van der Waals surface area contributed by atoms with Gasteiger partial charge in [0.25, 0.3) is 0 Å². The summed E-state index contributed by atoms with van der Waals surface area (Å²) >= 11 is 0. The molecule has 2 aromatic heterocycles. The molecule has 23 heavy (non-hydrogen) atoms. The van der Waals surface area contributed by atoms with E-state index in [1.165, 1.54) is 19.3 Å². The topological polar surface area (TPSA) is 58.0 Å². The Morgan fingerprint density at radius 1 is 1.00 bits per heavy atom. The molecule has 4 rings (SSSR count). The van der Waals surface area contributed by atoms with Crippen molar-refractivity contribution < 1.29 is 0 Å². The van der Waals surface area contributed by atoms with Crippen LogP contribution in [-0.4, -0.2) is 44.5 Å².